The lowest BCUT2D eigenvalue weighted by Gasteiger charge is -2.17. The molecule has 0 fully saturated rings. The van der Waals surface area contributed by atoms with Crippen molar-refractivity contribution in [2.75, 3.05) is 19.8 Å². The number of para-hydroxylation sites is 4. The van der Waals surface area contributed by atoms with Crippen LogP contribution in [0.5, 0.6) is 28.7 Å². The molecule has 6 rings (SSSR count). The Morgan fingerprint density at radius 1 is 0.556 bits per heavy atom. The van der Waals surface area contributed by atoms with Crippen molar-refractivity contribution in [3.05, 3.63) is 77.9 Å². The second-order valence-electron chi connectivity index (χ2n) is 7.10. The minimum absolute atomic E-state index is 0.127. The largest absolute Gasteiger partial charge is 0.493 e. The van der Waals surface area contributed by atoms with Gasteiger partial charge in [0.2, 0.25) is 6.29 Å². The van der Waals surface area contributed by atoms with Gasteiger partial charge in [-0.05, 0) is 42.8 Å². The molecule has 0 atom stereocenters. The Kier molecular flexibility index (Phi) is 15.3. The summed E-state index contributed by atoms with van der Waals surface area (Å²) in [5, 5.41) is 0. The molecule has 0 amide bonds. The maximum absolute atomic E-state index is 5.35. The van der Waals surface area contributed by atoms with Gasteiger partial charge in [-0.1, -0.05) is 83.5 Å². The molecule has 0 N–H and O–H groups in total. The third kappa shape index (κ3) is 9.73. The van der Waals surface area contributed by atoms with E-state index in [1.54, 1.807) is 0 Å². The molecule has 5 nitrogen and oxygen atoms in total. The number of aryl methyl sites for hydroxylation is 1. The molecule has 0 radical (unpaired) electrons. The zero-order valence-corrected chi connectivity index (χ0v) is 23.3. The van der Waals surface area contributed by atoms with Gasteiger partial charge in [-0.25, -0.2) is 0 Å². The van der Waals surface area contributed by atoms with Crippen LogP contribution in [0.1, 0.15) is 59.6 Å². The fourth-order valence-corrected chi connectivity index (χ4v) is 3.33. The Morgan fingerprint density at radius 3 is 1.50 bits per heavy atom. The molecular formula is C31H44O5. The van der Waals surface area contributed by atoms with Crippen molar-refractivity contribution in [1.82, 2.24) is 0 Å². The fraction of sp³-hybridized carbons (Fsp3) is 0.419. The molecule has 0 aromatic heterocycles. The predicted molar refractivity (Wildman–Crippen MR) is 149 cm³/mol. The summed E-state index contributed by atoms with van der Waals surface area (Å²) in [6, 6.07) is 21.7. The number of ether oxygens (including phenoxy) is 5. The lowest BCUT2D eigenvalue weighted by molar-refractivity contribution is 0.0678. The molecule has 3 aromatic carbocycles. The van der Waals surface area contributed by atoms with Gasteiger partial charge in [0.05, 0.1) is 6.61 Å². The lowest BCUT2D eigenvalue weighted by atomic mass is 10.1. The topological polar surface area (TPSA) is 46.2 Å². The van der Waals surface area contributed by atoms with E-state index in [1.807, 2.05) is 97.0 Å². The normalized spacial score (nSPS) is 13.0. The van der Waals surface area contributed by atoms with E-state index in [1.165, 1.54) is 11.1 Å². The summed E-state index contributed by atoms with van der Waals surface area (Å²) in [6.45, 7) is 18.2. The molecule has 198 valence electrons. The molecule has 3 heterocycles. The van der Waals surface area contributed by atoms with E-state index in [2.05, 4.69) is 25.1 Å². The quantitative estimate of drug-likeness (QED) is 0.313. The van der Waals surface area contributed by atoms with Gasteiger partial charge in [-0.15, -0.1) is 0 Å². The Hall–Kier alpha value is -3.34. The van der Waals surface area contributed by atoms with Gasteiger partial charge in [0.15, 0.2) is 23.0 Å². The number of fused-ring (bicyclic) bond motifs is 3. The van der Waals surface area contributed by atoms with E-state index < -0.39 is 0 Å². The van der Waals surface area contributed by atoms with Gasteiger partial charge in [0.1, 0.15) is 19.0 Å². The highest BCUT2D eigenvalue weighted by Gasteiger charge is 2.18. The van der Waals surface area contributed by atoms with E-state index >= 15 is 0 Å². The summed E-state index contributed by atoms with van der Waals surface area (Å²) in [6.07, 6.45) is 0.953. The molecule has 36 heavy (non-hydrogen) atoms. The first-order valence-electron chi connectivity index (χ1n) is 13.2. The Balaban J connectivity index is 0.000000244. The Morgan fingerprint density at radius 2 is 1.00 bits per heavy atom. The van der Waals surface area contributed by atoms with Crippen LogP contribution in [0.4, 0.5) is 0 Å². The van der Waals surface area contributed by atoms with Gasteiger partial charge in [0, 0.05) is 13.3 Å². The van der Waals surface area contributed by atoms with Crippen LogP contribution in [-0.4, -0.2) is 26.1 Å². The third-order valence-corrected chi connectivity index (χ3v) is 4.73. The molecule has 3 aliphatic rings. The maximum atomic E-state index is 5.35. The van der Waals surface area contributed by atoms with Gasteiger partial charge >= 0.3 is 0 Å². The SMILES string of the molecule is CC.CC.CC.CC1Oc2ccccc2O1.Cc1ccc2c(c1)CCO2.c1ccc2c(c1)OCCO2. The molecule has 0 aliphatic carbocycles. The molecule has 0 saturated heterocycles. The highest BCUT2D eigenvalue weighted by atomic mass is 16.7. The van der Waals surface area contributed by atoms with Crippen LogP contribution in [0.15, 0.2) is 66.7 Å². The summed E-state index contributed by atoms with van der Waals surface area (Å²) in [5.74, 6) is 4.47. The van der Waals surface area contributed by atoms with E-state index in [-0.39, 0.29) is 6.29 Å². The van der Waals surface area contributed by atoms with Crippen LogP contribution in [0.25, 0.3) is 0 Å². The summed E-state index contributed by atoms with van der Waals surface area (Å²) >= 11 is 0. The van der Waals surface area contributed by atoms with Gasteiger partial charge in [-0.3, -0.25) is 0 Å². The standard InChI is InChI=1S/C9H10O.2C8H8O2.3C2H6/c1-7-2-3-9-8(6-7)4-5-10-9;1-6-9-7-4-2-3-5-8(7)10-6;1-2-4-8-7(3-1)9-5-6-10-8;3*1-2/h2-3,6H,4-5H2,1H3;2-6H,1H3;1-4H,5-6H2;3*1-2H3. The number of hydrogen-bond acceptors (Lipinski definition) is 5. The molecule has 0 saturated carbocycles. The van der Waals surface area contributed by atoms with Crippen molar-refractivity contribution in [2.24, 2.45) is 0 Å². The first kappa shape index (κ1) is 30.7. The molecule has 0 unspecified atom stereocenters. The van der Waals surface area contributed by atoms with Crippen molar-refractivity contribution in [2.45, 2.75) is 68.1 Å². The minimum Gasteiger partial charge on any atom is -0.493 e. The smallest absolute Gasteiger partial charge is 0.238 e. The monoisotopic (exact) mass is 496 g/mol. The second kappa shape index (κ2) is 18.0. The van der Waals surface area contributed by atoms with Crippen molar-refractivity contribution >= 4 is 0 Å². The van der Waals surface area contributed by atoms with Crippen LogP contribution < -0.4 is 23.7 Å². The highest BCUT2D eigenvalue weighted by Crippen LogP contribution is 2.33. The van der Waals surface area contributed by atoms with Crippen LogP contribution in [0.2, 0.25) is 0 Å². The average molecular weight is 497 g/mol. The van der Waals surface area contributed by atoms with Crippen molar-refractivity contribution in [3.8, 4) is 28.7 Å². The van der Waals surface area contributed by atoms with Crippen LogP contribution in [0, 0.1) is 6.92 Å². The van der Waals surface area contributed by atoms with E-state index in [0.717, 1.165) is 41.8 Å². The molecular weight excluding hydrogens is 452 g/mol. The summed E-state index contributed by atoms with van der Waals surface area (Å²) in [4.78, 5) is 0. The maximum Gasteiger partial charge on any atom is 0.238 e. The number of hydrogen-bond donors (Lipinski definition) is 0. The number of rotatable bonds is 0. The zero-order chi connectivity index (χ0) is 26.8. The van der Waals surface area contributed by atoms with Gasteiger partial charge in [0.25, 0.3) is 0 Å². The summed E-state index contributed by atoms with van der Waals surface area (Å²) in [7, 11) is 0. The number of benzene rings is 3. The van der Waals surface area contributed by atoms with Crippen LogP contribution >= 0.6 is 0 Å². The molecule has 5 heteroatoms. The van der Waals surface area contributed by atoms with E-state index in [9.17, 15) is 0 Å². The van der Waals surface area contributed by atoms with Crippen LogP contribution in [0.3, 0.4) is 0 Å². The predicted octanol–water partition coefficient (Wildman–Crippen LogP) is 8.27. The zero-order valence-electron chi connectivity index (χ0n) is 23.3. The highest BCUT2D eigenvalue weighted by molar-refractivity contribution is 5.42. The van der Waals surface area contributed by atoms with Gasteiger partial charge in [-0.2, -0.15) is 0 Å². The first-order chi connectivity index (χ1) is 17.7. The van der Waals surface area contributed by atoms with Crippen molar-refractivity contribution in [1.29, 1.82) is 0 Å². The average Bonchev–Trinajstić information content (AvgIpc) is 3.58. The molecule has 0 bridgehead atoms. The Labute approximate surface area is 218 Å². The van der Waals surface area contributed by atoms with Crippen LogP contribution in [-0.2, 0) is 6.42 Å². The molecule has 3 aliphatic heterocycles. The van der Waals surface area contributed by atoms with Crippen molar-refractivity contribution in [3.63, 3.8) is 0 Å². The fourth-order valence-electron chi connectivity index (χ4n) is 3.33. The van der Waals surface area contributed by atoms with E-state index in [4.69, 9.17) is 23.7 Å². The lowest BCUT2D eigenvalue weighted by Crippen LogP contribution is -2.14. The molecule has 0 spiro atoms. The molecule has 3 aromatic rings. The summed E-state index contributed by atoms with van der Waals surface area (Å²) in [5.41, 5.74) is 2.68. The van der Waals surface area contributed by atoms with Crippen molar-refractivity contribution < 1.29 is 23.7 Å². The van der Waals surface area contributed by atoms with E-state index in [0.29, 0.717) is 13.2 Å². The van der Waals surface area contributed by atoms with Gasteiger partial charge < -0.3 is 23.7 Å². The second-order valence-corrected chi connectivity index (χ2v) is 7.10. The minimum atomic E-state index is -0.127. The summed E-state index contributed by atoms with van der Waals surface area (Å²) < 4.78 is 26.5. The third-order valence-electron chi connectivity index (χ3n) is 4.73. The Bertz CT molecular complexity index is 936. The first-order valence-corrected chi connectivity index (χ1v) is 13.2.